The van der Waals surface area contributed by atoms with Gasteiger partial charge >= 0.3 is 5.97 Å². The Morgan fingerprint density at radius 2 is 2.05 bits per heavy atom. The molecule has 0 aliphatic heterocycles. The molecule has 1 atom stereocenters. The van der Waals surface area contributed by atoms with Crippen LogP contribution in [0.1, 0.15) is 30.6 Å². The molecule has 0 radical (unpaired) electrons. The van der Waals surface area contributed by atoms with Gasteiger partial charge in [0, 0.05) is 6.54 Å². The van der Waals surface area contributed by atoms with Gasteiger partial charge in [-0.15, -0.1) is 0 Å². The summed E-state index contributed by atoms with van der Waals surface area (Å²) in [6.45, 7) is 3.56. The van der Waals surface area contributed by atoms with Gasteiger partial charge < -0.3 is 14.9 Å². The number of carboxylic acids is 1. The Morgan fingerprint density at radius 1 is 1.38 bits per heavy atom. The van der Waals surface area contributed by atoms with Crippen LogP contribution < -0.4 is 9.46 Å². The topological polar surface area (TPSA) is 113 Å². The van der Waals surface area contributed by atoms with E-state index in [1.54, 1.807) is 13.8 Å². The standard InChI is InChI=1S/C13H19NO6S/c1-3-9(15)8-14-21(18,19)10-5-6-12(20-4-2)11(7-10)13(16)17/h5-7,9,14-15H,3-4,8H2,1-2H3,(H,16,17). The third-order valence-corrected chi connectivity index (χ3v) is 4.19. The molecular formula is C13H19NO6S. The normalized spacial score (nSPS) is 12.9. The van der Waals surface area contributed by atoms with Crippen LogP contribution in [0.2, 0.25) is 0 Å². The van der Waals surface area contributed by atoms with Gasteiger partial charge in [-0.05, 0) is 31.5 Å². The van der Waals surface area contributed by atoms with E-state index in [9.17, 15) is 18.3 Å². The van der Waals surface area contributed by atoms with Crippen LogP contribution in [0.15, 0.2) is 23.1 Å². The van der Waals surface area contributed by atoms with E-state index in [-0.39, 0.29) is 29.4 Å². The minimum absolute atomic E-state index is 0.109. The lowest BCUT2D eigenvalue weighted by molar-refractivity contribution is 0.0692. The highest BCUT2D eigenvalue weighted by molar-refractivity contribution is 7.89. The number of rotatable bonds is 8. The van der Waals surface area contributed by atoms with Crippen molar-refractivity contribution < 1.29 is 28.2 Å². The van der Waals surface area contributed by atoms with Gasteiger partial charge in [-0.1, -0.05) is 6.92 Å². The highest BCUT2D eigenvalue weighted by atomic mass is 32.2. The van der Waals surface area contributed by atoms with E-state index in [1.165, 1.54) is 12.1 Å². The molecule has 8 heteroatoms. The smallest absolute Gasteiger partial charge is 0.339 e. The van der Waals surface area contributed by atoms with E-state index < -0.39 is 22.1 Å². The van der Waals surface area contributed by atoms with Crippen LogP contribution >= 0.6 is 0 Å². The lowest BCUT2D eigenvalue weighted by Gasteiger charge is -2.12. The zero-order valence-corrected chi connectivity index (χ0v) is 12.7. The van der Waals surface area contributed by atoms with Crippen LogP contribution in [0.3, 0.4) is 0 Å². The number of hydrogen-bond donors (Lipinski definition) is 3. The average molecular weight is 317 g/mol. The molecule has 0 amide bonds. The molecule has 7 nitrogen and oxygen atoms in total. The van der Waals surface area contributed by atoms with Gasteiger partial charge in [0.05, 0.1) is 17.6 Å². The van der Waals surface area contributed by atoms with Crippen molar-refractivity contribution in [3.8, 4) is 5.75 Å². The zero-order valence-electron chi connectivity index (χ0n) is 11.9. The summed E-state index contributed by atoms with van der Waals surface area (Å²) in [4.78, 5) is 11.0. The monoisotopic (exact) mass is 317 g/mol. The molecule has 0 aromatic heterocycles. The Kier molecular flexibility index (Phi) is 6.13. The minimum atomic E-state index is -3.88. The molecule has 118 valence electrons. The van der Waals surface area contributed by atoms with Crippen LogP contribution in [0.4, 0.5) is 0 Å². The molecular weight excluding hydrogens is 298 g/mol. The van der Waals surface area contributed by atoms with Crippen LogP contribution in [0.5, 0.6) is 5.75 Å². The highest BCUT2D eigenvalue weighted by Gasteiger charge is 2.20. The largest absolute Gasteiger partial charge is 0.493 e. The molecule has 3 N–H and O–H groups in total. The Hall–Kier alpha value is -1.64. The second-order valence-electron chi connectivity index (χ2n) is 4.31. The van der Waals surface area contributed by atoms with Crippen molar-refractivity contribution in [3.05, 3.63) is 23.8 Å². The summed E-state index contributed by atoms with van der Waals surface area (Å²) >= 11 is 0. The lowest BCUT2D eigenvalue weighted by atomic mass is 10.2. The Balaban J connectivity index is 3.07. The maximum Gasteiger partial charge on any atom is 0.339 e. The summed E-state index contributed by atoms with van der Waals surface area (Å²) in [6.07, 6.45) is -0.381. The number of nitrogens with one attached hydrogen (secondary N) is 1. The van der Waals surface area contributed by atoms with Crippen LogP contribution in [-0.2, 0) is 10.0 Å². The van der Waals surface area contributed by atoms with Crippen molar-refractivity contribution in [1.82, 2.24) is 4.72 Å². The summed E-state index contributed by atoms with van der Waals surface area (Å²) in [5.41, 5.74) is -0.226. The quantitative estimate of drug-likeness (QED) is 0.654. The average Bonchev–Trinajstić information content (AvgIpc) is 2.45. The molecule has 1 rings (SSSR count). The molecule has 1 aromatic rings. The summed E-state index contributed by atoms with van der Waals surface area (Å²) in [7, 11) is -3.88. The van der Waals surface area contributed by atoms with E-state index in [1.807, 2.05) is 0 Å². The van der Waals surface area contributed by atoms with Crippen molar-refractivity contribution in [2.75, 3.05) is 13.2 Å². The van der Waals surface area contributed by atoms with E-state index in [0.29, 0.717) is 6.42 Å². The van der Waals surface area contributed by atoms with Gasteiger partial charge in [0.1, 0.15) is 11.3 Å². The van der Waals surface area contributed by atoms with Crippen molar-refractivity contribution in [2.24, 2.45) is 0 Å². The molecule has 0 fully saturated rings. The number of aliphatic hydroxyl groups is 1. The Labute approximate surface area is 123 Å². The Bertz CT molecular complexity index is 599. The number of benzene rings is 1. The number of sulfonamides is 1. The van der Waals surface area contributed by atoms with Crippen LogP contribution in [0.25, 0.3) is 0 Å². The number of carbonyl (C=O) groups is 1. The van der Waals surface area contributed by atoms with E-state index >= 15 is 0 Å². The molecule has 0 bridgehead atoms. The fourth-order valence-corrected chi connectivity index (χ4v) is 2.66. The predicted octanol–water partition coefficient (Wildman–Crippen LogP) is 0.833. The van der Waals surface area contributed by atoms with Crippen LogP contribution in [0, 0.1) is 0 Å². The number of aromatic carboxylic acids is 1. The molecule has 0 saturated carbocycles. The maximum absolute atomic E-state index is 12.0. The predicted molar refractivity (Wildman–Crippen MR) is 76.1 cm³/mol. The first-order chi connectivity index (χ1) is 9.81. The van der Waals surface area contributed by atoms with E-state index in [4.69, 9.17) is 9.84 Å². The maximum atomic E-state index is 12.0. The van der Waals surface area contributed by atoms with Crippen molar-refractivity contribution in [2.45, 2.75) is 31.3 Å². The van der Waals surface area contributed by atoms with Crippen molar-refractivity contribution in [3.63, 3.8) is 0 Å². The summed E-state index contributed by atoms with van der Waals surface area (Å²) in [5, 5.41) is 18.5. The first kappa shape index (κ1) is 17.4. The zero-order chi connectivity index (χ0) is 16.0. The molecule has 0 aliphatic carbocycles. The highest BCUT2D eigenvalue weighted by Crippen LogP contribution is 2.22. The summed E-state index contributed by atoms with van der Waals surface area (Å²) in [5.74, 6) is -1.17. The lowest BCUT2D eigenvalue weighted by Crippen LogP contribution is -2.31. The van der Waals surface area contributed by atoms with Crippen molar-refractivity contribution >= 4 is 16.0 Å². The van der Waals surface area contributed by atoms with Gasteiger partial charge in [0.15, 0.2) is 0 Å². The number of hydrogen-bond acceptors (Lipinski definition) is 5. The van der Waals surface area contributed by atoms with Gasteiger partial charge in [-0.2, -0.15) is 0 Å². The summed E-state index contributed by atoms with van der Waals surface area (Å²) in [6, 6.07) is 3.60. The number of ether oxygens (including phenoxy) is 1. The molecule has 0 saturated heterocycles. The summed E-state index contributed by atoms with van der Waals surface area (Å²) < 4.78 is 31.5. The second kappa shape index (κ2) is 7.39. The third-order valence-electron chi connectivity index (χ3n) is 2.77. The first-order valence-electron chi connectivity index (χ1n) is 6.49. The molecule has 21 heavy (non-hydrogen) atoms. The fourth-order valence-electron chi connectivity index (χ4n) is 1.56. The van der Waals surface area contributed by atoms with E-state index in [2.05, 4.69) is 4.72 Å². The minimum Gasteiger partial charge on any atom is -0.493 e. The third kappa shape index (κ3) is 4.69. The van der Waals surface area contributed by atoms with Gasteiger partial charge in [-0.3, -0.25) is 0 Å². The molecule has 1 unspecified atom stereocenters. The Morgan fingerprint density at radius 3 is 2.57 bits per heavy atom. The van der Waals surface area contributed by atoms with Crippen LogP contribution in [-0.4, -0.2) is 43.9 Å². The first-order valence-corrected chi connectivity index (χ1v) is 7.98. The van der Waals surface area contributed by atoms with Gasteiger partial charge in [0.2, 0.25) is 10.0 Å². The molecule has 1 aromatic carbocycles. The SMILES string of the molecule is CCOc1ccc(S(=O)(=O)NCC(O)CC)cc1C(=O)O. The van der Waals surface area contributed by atoms with Crippen molar-refractivity contribution in [1.29, 1.82) is 0 Å². The second-order valence-corrected chi connectivity index (χ2v) is 6.08. The number of aliphatic hydroxyl groups excluding tert-OH is 1. The fraction of sp³-hybridized carbons (Fsp3) is 0.462. The molecule has 0 aliphatic rings. The number of carboxylic acid groups (broad SMARTS) is 1. The van der Waals surface area contributed by atoms with Gasteiger partial charge in [0.25, 0.3) is 0 Å². The van der Waals surface area contributed by atoms with E-state index in [0.717, 1.165) is 6.07 Å². The molecule has 0 spiro atoms. The molecule has 0 heterocycles. The van der Waals surface area contributed by atoms with Gasteiger partial charge in [-0.25, -0.2) is 17.9 Å².